The number of nitrogens with one attached hydrogen (secondary N) is 2. The molecule has 31 heavy (non-hydrogen) atoms. The normalized spacial score (nSPS) is 15.4. The second kappa shape index (κ2) is 10.9. The standard InChI is InChI=1S/C23H26BrN3O4/c1-31-19-10-8-16(9-11-19)21(28)25-12-4-13-26-22(29)20-7-3-14-27(20)23(30)17-5-2-6-18(24)15-17/h2,5-6,8-11,15,20H,3-4,7,12-14H2,1H3,(H,25,28)(H,26,29)/t20-/m1/s1. The number of carbonyl (C=O) groups excluding carboxylic acids is 3. The molecule has 2 N–H and O–H groups in total. The van der Waals surface area contributed by atoms with Crippen LogP contribution in [0.15, 0.2) is 53.0 Å². The predicted octanol–water partition coefficient (Wildman–Crippen LogP) is 3.00. The first kappa shape index (κ1) is 22.8. The van der Waals surface area contributed by atoms with E-state index in [1.165, 1.54) is 0 Å². The van der Waals surface area contributed by atoms with Crippen molar-refractivity contribution in [3.8, 4) is 5.75 Å². The van der Waals surface area contributed by atoms with Gasteiger partial charge in [0.2, 0.25) is 5.91 Å². The van der Waals surface area contributed by atoms with Crippen LogP contribution in [-0.4, -0.2) is 55.4 Å². The fourth-order valence-corrected chi connectivity index (χ4v) is 3.93. The number of methoxy groups -OCH3 is 1. The van der Waals surface area contributed by atoms with Crippen molar-refractivity contribution in [2.24, 2.45) is 0 Å². The number of hydrogen-bond donors (Lipinski definition) is 2. The van der Waals surface area contributed by atoms with Gasteiger partial charge in [-0.05, 0) is 61.7 Å². The molecule has 1 aliphatic heterocycles. The first-order chi connectivity index (χ1) is 15.0. The molecule has 0 bridgehead atoms. The second-order valence-corrected chi connectivity index (χ2v) is 8.21. The number of halogens is 1. The molecular weight excluding hydrogens is 462 g/mol. The molecule has 3 amide bonds. The molecule has 0 radical (unpaired) electrons. The van der Waals surface area contributed by atoms with Gasteiger partial charge in [-0.2, -0.15) is 0 Å². The summed E-state index contributed by atoms with van der Waals surface area (Å²) in [5, 5.41) is 5.72. The minimum atomic E-state index is -0.458. The summed E-state index contributed by atoms with van der Waals surface area (Å²) < 4.78 is 5.91. The van der Waals surface area contributed by atoms with Gasteiger partial charge in [0.25, 0.3) is 11.8 Å². The highest BCUT2D eigenvalue weighted by Crippen LogP contribution is 2.22. The van der Waals surface area contributed by atoms with Gasteiger partial charge in [0.05, 0.1) is 7.11 Å². The Morgan fingerprint density at radius 3 is 2.52 bits per heavy atom. The molecule has 2 aromatic carbocycles. The Balaban J connectivity index is 1.42. The molecule has 164 valence electrons. The number of ether oxygens (including phenoxy) is 1. The van der Waals surface area contributed by atoms with Gasteiger partial charge in [-0.25, -0.2) is 0 Å². The van der Waals surface area contributed by atoms with Crippen LogP contribution in [0.1, 0.15) is 40.0 Å². The van der Waals surface area contributed by atoms with Crippen molar-refractivity contribution in [1.82, 2.24) is 15.5 Å². The minimum Gasteiger partial charge on any atom is -0.497 e. The largest absolute Gasteiger partial charge is 0.497 e. The van der Waals surface area contributed by atoms with Gasteiger partial charge in [0.15, 0.2) is 0 Å². The third kappa shape index (κ3) is 6.07. The van der Waals surface area contributed by atoms with Crippen molar-refractivity contribution in [2.75, 3.05) is 26.7 Å². The van der Waals surface area contributed by atoms with Crippen molar-refractivity contribution in [3.63, 3.8) is 0 Å². The van der Waals surface area contributed by atoms with Crippen LogP contribution >= 0.6 is 15.9 Å². The molecular formula is C23H26BrN3O4. The van der Waals surface area contributed by atoms with Crippen LogP contribution in [0.5, 0.6) is 5.75 Å². The van der Waals surface area contributed by atoms with E-state index in [1.54, 1.807) is 48.4 Å². The SMILES string of the molecule is COc1ccc(C(=O)NCCCNC(=O)[C@H]2CCCN2C(=O)c2cccc(Br)c2)cc1. The zero-order chi connectivity index (χ0) is 22.2. The van der Waals surface area contributed by atoms with Crippen LogP contribution in [0, 0.1) is 0 Å². The van der Waals surface area contributed by atoms with E-state index in [4.69, 9.17) is 4.74 Å². The number of benzene rings is 2. The van der Waals surface area contributed by atoms with E-state index in [9.17, 15) is 14.4 Å². The van der Waals surface area contributed by atoms with Crippen LogP contribution in [0.3, 0.4) is 0 Å². The van der Waals surface area contributed by atoms with Gasteiger partial charge >= 0.3 is 0 Å². The summed E-state index contributed by atoms with van der Waals surface area (Å²) in [5.41, 5.74) is 1.12. The number of likely N-dealkylation sites (tertiary alicyclic amines) is 1. The summed E-state index contributed by atoms with van der Waals surface area (Å²) in [7, 11) is 1.57. The molecule has 0 aromatic heterocycles. The van der Waals surface area contributed by atoms with Crippen LogP contribution in [0.25, 0.3) is 0 Å². The number of nitrogens with zero attached hydrogens (tertiary/aromatic N) is 1. The van der Waals surface area contributed by atoms with Crippen LogP contribution in [0.4, 0.5) is 0 Å². The first-order valence-corrected chi connectivity index (χ1v) is 11.1. The fourth-order valence-electron chi connectivity index (χ4n) is 3.53. The molecule has 2 aromatic rings. The second-order valence-electron chi connectivity index (χ2n) is 7.30. The highest BCUT2D eigenvalue weighted by molar-refractivity contribution is 9.10. The lowest BCUT2D eigenvalue weighted by Gasteiger charge is -2.24. The lowest BCUT2D eigenvalue weighted by atomic mass is 10.1. The Kier molecular flexibility index (Phi) is 8.06. The fraction of sp³-hybridized carbons (Fsp3) is 0.348. The van der Waals surface area contributed by atoms with E-state index in [0.717, 1.165) is 10.9 Å². The highest BCUT2D eigenvalue weighted by atomic mass is 79.9. The van der Waals surface area contributed by atoms with Crippen LogP contribution in [-0.2, 0) is 4.79 Å². The lowest BCUT2D eigenvalue weighted by molar-refractivity contribution is -0.124. The molecule has 1 atom stereocenters. The molecule has 1 fully saturated rings. The Morgan fingerprint density at radius 1 is 1.06 bits per heavy atom. The van der Waals surface area contributed by atoms with Crippen molar-refractivity contribution < 1.29 is 19.1 Å². The summed E-state index contributed by atoms with van der Waals surface area (Å²) in [6, 6.07) is 13.6. The van der Waals surface area contributed by atoms with Gasteiger partial charge < -0.3 is 20.3 Å². The van der Waals surface area contributed by atoms with E-state index in [-0.39, 0.29) is 17.7 Å². The van der Waals surface area contributed by atoms with Gasteiger partial charge in [0, 0.05) is 35.2 Å². The number of carbonyl (C=O) groups is 3. The molecule has 3 rings (SSSR count). The minimum absolute atomic E-state index is 0.134. The van der Waals surface area contributed by atoms with E-state index in [0.29, 0.717) is 49.4 Å². The summed E-state index contributed by atoms with van der Waals surface area (Å²) in [6.07, 6.45) is 2.05. The summed E-state index contributed by atoms with van der Waals surface area (Å²) in [5.74, 6) is 0.238. The summed E-state index contributed by atoms with van der Waals surface area (Å²) >= 11 is 3.38. The van der Waals surface area contributed by atoms with E-state index >= 15 is 0 Å². The van der Waals surface area contributed by atoms with E-state index < -0.39 is 6.04 Å². The molecule has 1 saturated heterocycles. The molecule has 0 saturated carbocycles. The van der Waals surface area contributed by atoms with Gasteiger partial charge in [0.1, 0.15) is 11.8 Å². The van der Waals surface area contributed by atoms with Gasteiger partial charge in [-0.3, -0.25) is 14.4 Å². The zero-order valence-electron chi connectivity index (χ0n) is 17.4. The smallest absolute Gasteiger partial charge is 0.254 e. The summed E-state index contributed by atoms with van der Waals surface area (Å²) in [6.45, 7) is 1.44. The molecule has 8 heteroatoms. The highest BCUT2D eigenvalue weighted by Gasteiger charge is 2.34. The Bertz CT molecular complexity index is 933. The van der Waals surface area contributed by atoms with E-state index in [2.05, 4.69) is 26.6 Å². The van der Waals surface area contributed by atoms with Crippen molar-refractivity contribution in [1.29, 1.82) is 0 Å². The molecule has 0 unspecified atom stereocenters. The quantitative estimate of drug-likeness (QED) is 0.560. The molecule has 0 spiro atoms. The van der Waals surface area contributed by atoms with E-state index in [1.807, 2.05) is 12.1 Å². The first-order valence-electron chi connectivity index (χ1n) is 10.3. The number of rotatable bonds is 8. The average molecular weight is 488 g/mol. The van der Waals surface area contributed by atoms with Gasteiger partial charge in [-0.1, -0.05) is 22.0 Å². The van der Waals surface area contributed by atoms with Crippen molar-refractivity contribution in [2.45, 2.75) is 25.3 Å². The van der Waals surface area contributed by atoms with Crippen molar-refractivity contribution in [3.05, 3.63) is 64.1 Å². The maximum atomic E-state index is 12.8. The Morgan fingerprint density at radius 2 is 1.81 bits per heavy atom. The lowest BCUT2D eigenvalue weighted by Crippen LogP contribution is -2.46. The third-order valence-electron chi connectivity index (χ3n) is 5.18. The maximum Gasteiger partial charge on any atom is 0.254 e. The average Bonchev–Trinajstić information content (AvgIpc) is 3.28. The van der Waals surface area contributed by atoms with Crippen molar-refractivity contribution >= 4 is 33.7 Å². The van der Waals surface area contributed by atoms with Crippen LogP contribution in [0.2, 0.25) is 0 Å². The van der Waals surface area contributed by atoms with Gasteiger partial charge in [-0.15, -0.1) is 0 Å². The number of hydrogen-bond acceptors (Lipinski definition) is 4. The molecule has 7 nitrogen and oxygen atoms in total. The zero-order valence-corrected chi connectivity index (χ0v) is 19.0. The maximum absolute atomic E-state index is 12.8. The monoisotopic (exact) mass is 487 g/mol. The van der Waals surface area contributed by atoms with Crippen LogP contribution < -0.4 is 15.4 Å². The molecule has 0 aliphatic carbocycles. The number of amides is 3. The third-order valence-corrected chi connectivity index (χ3v) is 5.67. The molecule has 1 heterocycles. The summed E-state index contributed by atoms with van der Waals surface area (Å²) in [4.78, 5) is 39.2. The topological polar surface area (TPSA) is 87.7 Å². The Hall–Kier alpha value is -2.87. The predicted molar refractivity (Wildman–Crippen MR) is 121 cm³/mol. The Labute approximate surface area is 190 Å². The molecule has 1 aliphatic rings.